The van der Waals surface area contributed by atoms with Crippen molar-refractivity contribution in [1.82, 2.24) is 0 Å². The molecule has 0 aliphatic carbocycles. The van der Waals surface area contributed by atoms with Crippen LogP contribution in [0.4, 0.5) is 0 Å². The van der Waals surface area contributed by atoms with Crippen LogP contribution in [-0.2, 0) is 4.79 Å². The fourth-order valence-electron chi connectivity index (χ4n) is 1.78. The van der Waals surface area contributed by atoms with Crippen molar-refractivity contribution < 1.29 is 19.4 Å². The van der Waals surface area contributed by atoms with E-state index in [1.54, 1.807) is 13.0 Å². The van der Waals surface area contributed by atoms with E-state index in [2.05, 4.69) is 0 Å². The van der Waals surface area contributed by atoms with Crippen molar-refractivity contribution >= 4 is 17.6 Å². The van der Waals surface area contributed by atoms with Crippen molar-refractivity contribution in [3.63, 3.8) is 0 Å². The Morgan fingerprint density at radius 2 is 2.11 bits per heavy atom. The topological polar surface area (TPSA) is 81.8 Å². The highest BCUT2D eigenvalue weighted by atomic mass is 35.5. The van der Waals surface area contributed by atoms with Gasteiger partial charge in [0.2, 0.25) is 0 Å². The van der Waals surface area contributed by atoms with Gasteiger partial charge in [-0.25, -0.2) is 0 Å². The molecule has 0 amide bonds. The van der Waals surface area contributed by atoms with Gasteiger partial charge < -0.3 is 20.3 Å². The van der Waals surface area contributed by atoms with E-state index < -0.39 is 11.9 Å². The Balaban J connectivity index is 3.46. The summed E-state index contributed by atoms with van der Waals surface area (Å²) in [6.45, 7) is 1.72. The molecule has 0 aliphatic heterocycles. The molecular formula is C12H16ClNO4. The first kappa shape index (κ1) is 14.6. The van der Waals surface area contributed by atoms with Crippen LogP contribution in [0, 0.1) is 6.92 Å². The summed E-state index contributed by atoms with van der Waals surface area (Å²) in [6, 6.07) is 1.60. The van der Waals surface area contributed by atoms with Gasteiger partial charge in [-0.3, -0.25) is 4.79 Å². The second kappa shape index (κ2) is 5.93. The highest BCUT2D eigenvalue weighted by Gasteiger charge is 2.25. The largest absolute Gasteiger partial charge is 0.493 e. The quantitative estimate of drug-likeness (QED) is 0.855. The Bertz CT molecular complexity index is 462. The lowest BCUT2D eigenvalue weighted by Crippen LogP contribution is -2.22. The average molecular weight is 274 g/mol. The fraction of sp³-hybridized carbons (Fsp3) is 0.417. The number of hydrogen-bond acceptors (Lipinski definition) is 4. The molecule has 1 aromatic carbocycles. The average Bonchev–Trinajstić information content (AvgIpc) is 2.34. The lowest BCUT2D eigenvalue weighted by Gasteiger charge is -2.18. The number of carboxylic acids is 1. The summed E-state index contributed by atoms with van der Waals surface area (Å²) in [5, 5.41) is 9.48. The maximum Gasteiger partial charge on any atom is 0.312 e. The first-order chi connectivity index (χ1) is 8.47. The molecule has 6 heteroatoms. The van der Waals surface area contributed by atoms with Crippen LogP contribution in [0.15, 0.2) is 6.07 Å². The van der Waals surface area contributed by atoms with Gasteiger partial charge in [-0.2, -0.15) is 0 Å². The third-order valence-corrected chi connectivity index (χ3v) is 3.26. The highest BCUT2D eigenvalue weighted by Crippen LogP contribution is 2.41. The minimum absolute atomic E-state index is 0.0119. The van der Waals surface area contributed by atoms with E-state index in [0.717, 1.165) is 0 Å². The van der Waals surface area contributed by atoms with Gasteiger partial charge in [-0.15, -0.1) is 0 Å². The van der Waals surface area contributed by atoms with Gasteiger partial charge in [0.1, 0.15) is 0 Å². The first-order valence-electron chi connectivity index (χ1n) is 5.31. The minimum atomic E-state index is -0.996. The minimum Gasteiger partial charge on any atom is -0.493 e. The number of methoxy groups -OCH3 is 2. The molecule has 1 rings (SSSR count). The lowest BCUT2D eigenvalue weighted by atomic mass is 9.94. The van der Waals surface area contributed by atoms with Gasteiger partial charge in [0.25, 0.3) is 0 Å². The van der Waals surface area contributed by atoms with E-state index in [1.807, 2.05) is 0 Å². The number of benzene rings is 1. The predicted octanol–water partition coefficient (Wildman–Crippen LogP) is 1.79. The summed E-state index contributed by atoms with van der Waals surface area (Å²) in [6.07, 6.45) is 0. The molecule has 3 N–H and O–H groups in total. The lowest BCUT2D eigenvalue weighted by molar-refractivity contribution is -0.138. The summed E-state index contributed by atoms with van der Waals surface area (Å²) >= 11 is 6.15. The van der Waals surface area contributed by atoms with Crippen molar-refractivity contribution in [1.29, 1.82) is 0 Å². The van der Waals surface area contributed by atoms with Crippen molar-refractivity contribution in [2.45, 2.75) is 12.8 Å². The molecule has 100 valence electrons. The monoisotopic (exact) mass is 273 g/mol. The Morgan fingerprint density at radius 1 is 1.50 bits per heavy atom. The molecule has 5 nitrogen and oxygen atoms in total. The molecule has 1 aromatic rings. The van der Waals surface area contributed by atoms with E-state index >= 15 is 0 Å². The van der Waals surface area contributed by atoms with Gasteiger partial charge in [0.05, 0.1) is 25.2 Å². The third-order valence-electron chi connectivity index (χ3n) is 2.81. The molecule has 0 saturated carbocycles. The van der Waals surface area contributed by atoms with Crippen LogP contribution in [0.1, 0.15) is 17.0 Å². The Hall–Kier alpha value is -1.46. The molecule has 0 aliphatic rings. The molecule has 0 aromatic heterocycles. The standard InChI is InChI=1S/C12H16ClNO4/c1-6-7(8(5-14)12(15)16)4-9(17-2)11(18-3)10(6)13/h4,8H,5,14H2,1-3H3,(H,15,16). The fourth-order valence-corrected chi connectivity index (χ4v) is 2.06. The molecule has 0 heterocycles. The molecular weight excluding hydrogens is 258 g/mol. The maximum absolute atomic E-state index is 11.2. The number of carbonyl (C=O) groups is 1. The zero-order valence-electron chi connectivity index (χ0n) is 10.5. The van der Waals surface area contributed by atoms with Crippen LogP contribution < -0.4 is 15.2 Å². The summed E-state index contributed by atoms with van der Waals surface area (Å²) in [5.41, 5.74) is 6.66. The van der Waals surface area contributed by atoms with Crippen LogP contribution in [0.3, 0.4) is 0 Å². The predicted molar refractivity (Wildman–Crippen MR) is 68.7 cm³/mol. The SMILES string of the molecule is COc1cc(C(CN)C(=O)O)c(C)c(Cl)c1OC. The summed E-state index contributed by atoms with van der Waals surface area (Å²) < 4.78 is 10.3. The maximum atomic E-state index is 11.2. The number of ether oxygens (including phenoxy) is 2. The number of hydrogen-bond donors (Lipinski definition) is 2. The van der Waals surface area contributed by atoms with Gasteiger partial charge >= 0.3 is 5.97 Å². The van der Waals surface area contributed by atoms with Gasteiger partial charge in [0, 0.05) is 6.54 Å². The number of carboxylic acid groups (broad SMARTS) is 1. The molecule has 1 unspecified atom stereocenters. The van der Waals surface area contributed by atoms with Crippen molar-refractivity contribution in [2.24, 2.45) is 5.73 Å². The molecule has 0 radical (unpaired) electrons. The molecule has 1 atom stereocenters. The number of halogens is 1. The van der Waals surface area contributed by atoms with Crippen molar-refractivity contribution in [3.05, 3.63) is 22.2 Å². The second-order valence-electron chi connectivity index (χ2n) is 3.77. The highest BCUT2D eigenvalue weighted by molar-refractivity contribution is 6.33. The van der Waals surface area contributed by atoms with Crippen LogP contribution >= 0.6 is 11.6 Å². The molecule has 18 heavy (non-hydrogen) atoms. The summed E-state index contributed by atoms with van der Waals surface area (Å²) in [5.74, 6) is -1.03. The number of rotatable bonds is 5. The van der Waals surface area contributed by atoms with Gasteiger partial charge in [0.15, 0.2) is 11.5 Å². The van der Waals surface area contributed by atoms with Crippen LogP contribution in [0.2, 0.25) is 5.02 Å². The van der Waals surface area contributed by atoms with Crippen LogP contribution in [-0.4, -0.2) is 31.8 Å². The van der Waals surface area contributed by atoms with E-state index in [4.69, 9.17) is 31.9 Å². The van der Waals surface area contributed by atoms with Crippen LogP contribution in [0.25, 0.3) is 0 Å². The van der Waals surface area contributed by atoms with Gasteiger partial charge in [-0.1, -0.05) is 11.6 Å². The Morgan fingerprint density at radius 3 is 2.50 bits per heavy atom. The normalized spacial score (nSPS) is 12.1. The van der Waals surface area contributed by atoms with Gasteiger partial charge in [-0.05, 0) is 24.1 Å². The number of nitrogens with two attached hydrogens (primary N) is 1. The van der Waals surface area contributed by atoms with Crippen LogP contribution in [0.5, 0.6) is 11.5 Å². The Kier molecular flexibility index (Phi) is 4.81. The summed E-state index contributed by atoms with van der Waals surface area (Å²) in [4.78, 5) is 11.2. The van der Waals surface area contributed by atoms with E-state index in [1.165, 1.54) is 14.2 Å². The zero-order valence-corrected chi connectivity index (χ0v) is 11.2. The van der Waals surface area contributed by atoms with E-state index in [-0.39, 0.29) is 6.54 Å². The van der Waals surface area contributed by atoms with E-state index in [0.29, 0.717) is 27.6 Å². The molecule has 0 spiro atoms. The molecule has 0 fully saturated rings. The van der Waals surface area contributed by atoms with Crippen molar-refractivity contribution in [3.8, 4) is 11.5 Å². The van der Waals surface area contributed by atoms with E-state index in [9.17, 15) is 4.79 Å². The first-order valence-corrected chi connectivity index (χ1v) is 5.69. The molecule has 0 saturated heterocycles. The second-order valence-corrected chi connectivity index (χ2v) is 4.14. The number of aliphatic carboxylic acids is 1. The zero-order chi connectivity index (χ0) is 13.9. The Labute approximate surface area is 110 Å². The molecule has 0 bridgehead atoms. The third kappa shape index (κ3) is 2.52. The van der Waals surface area contributed by atoms with Crippen molar-refractivity contribution in [2.75, 3.05) is 20.8 Å². The summed E-state index contributed by atoms with van der Waals surface area (Å²) in [7, 11) is 2.94. The smallest absolute Gasteiger partial charge is 0.312 e.